The average Bonchev–Trinajstić information content (AvgIpc) is 3.42. The number of nitro groups is 1. The highest BCUT2D eigenvalue weighted by Crippen LogP contribution is 2.25. The van der Waals surface area contributed by atoms with Gasteiger partial charge in [0.05, 0.1) is 11.5 Å². The fraction of sp³-hybridized carbons (Fsp3) is 0.143. The van der Waals surface area contributed by atoms with Crippen molar-refractivity contribution in [3.05, 3.63) is 94.1 Å². The highest BCUT2D eigenvalue weighted by Gasteiger charge is 2.15. The first-order valence-electron chi connectivity index (χ1n) is 9.64. The number of hydrogen-bond acceptors (Lipinski definition) is 7. The second-order valence-corrected chi connectivity index (χ2v) is 6.95. The zero-order valence-electron chi connectivity index (χ0n) is 17.1. The predicted octanol–water partition coefficient (Wildman–Crippen LogP) is 3.03. The number of aromatic nitrogens is 5. The number of nitrogens with zero attached hydrogens (tertiary/aromatic N) is 6. The largest absolute Gasteiger partial charge is 0.464 e. The summed E-state index contributed by atoms with van der Waals surface area (Å²) in [5, 5.41) is 22.0. The zero-order valence-corrected chi connectivity index (χ0v) is 17.1. The van der Waals surface area contributed by atoms with Gasteiger partial charge in [-0.15, -0.1) is 5.10 Å². The van der Waals surface area contributed by atoms with Crippen LogP contribution in [-0.2, 0) is 13.3 Å². The second kappa shape index (κ2) is 9.08. The molecule has 32 heavy (non-hydrogen) atoms. The lowest BCUT2D eigenvalue weighted by Gasteiger charge is -2.06. The Morgan fingerprint density at radius 1 is 1.12 bits per heavy atom. The smallest absolute Gasteiger partial charge is 0.311 e. The number of hydrogen-bond donors (Lipinski definition) is 1. The van der Waals surface area contributed by atoms with Crippen LogP contribution in [0.25, 0.3) is 0 Å². The number of rotatable bonds is 8. The molecule has 0 fully saturated rings. The van der Waals surface area contributed by atoms with Crippen molar-refractivity contribution in [3.8, 4) is 5.75 Å². The van der Waals surface area contributed by atoms with Crippen LogP contribution >= 0.6 is 0 Å². The number of nitro benzene ring substituents is 1. The van der Waals surface area contributed by atoms with Crippen LogP contribution in [0.2, 0.25) is 0 Å². The summed E-state index contributed by atoms with van der Waals surface area (Å²) in [6.45, 7) is 2.45. The molecule has 1 amide bonds. The number of para-hydroxylation sites is 2. The molecule has 0 spiro atoms. The van der Waals surface area contributed by atoms with E-state index >= 15 is 0 Å². The van der Waals surface area contributed by atoms with Gasteiger partial charge in [0, 0.05) is 12.3 Å². The third-order valence-corrected chi connectivity index (χ3v) is 4.48. The Morgan fingerprint density at radius 3 is 2.78 bits per heavy atom. The van der Waals surface area contributed by atoms with Gasteiger partial charge in [0.15, 0.2) is 18.2 Å². The number of benzene rings is 2. The molecule has 2 heterocycles. The lowest BCUT2D eigenvalue weighted by atomic mass is 10.1. The van der Waals surface area contributed by atoms with Gasteiger partial charge >= 0.3 is 5.69 Å². The Balaban J connectivity index is 1.35. The van der Waals surface area contributed by atoms with E-state index in [9.17, 15) is 14.9 Å². The molecule has 11 nitrogen and oxygen atoms in total. The van der Waals surface area contributed by atoms with Crippen molar-refractivity contribution in [2.24, 2.45) is 0 Å². The van der Waals surface area contributed by atoms with E-state index in [-0.39, 0.29) is 29.8 Å². The van der Waals surface area contributed by atoms with Crippen molar-refractivity contribution in [1.29, 1.82) is 0 Å². The maximum atomic E-state index is 12.5. The summed E-state index contributed by atoms with van der Waals surface area (Å²) in [6.07, 6.45) is 3.07. The summed E-state index contributed by atoms with van der Waals surface area (Å²) < 4.78 is 8.45. The minimum atomic E-state index is -0.525. The molecule has 0 saturated carbocycles. The standard InChI is InChI=1S/C21H19N7O4/c1-15-5-4-6-16(11-15)12-27-13-22-21(25-27)23-20(29)17-9-10-26(24-17)14-32-19-8-3-2-7-18(19)28(30)31/h2-11,13H,12,14H2,1H3,(H,23,25,29). The lowest BCUT2D eigenvalue weighted by molar-refractivity contribution is -0.386. The van der Waals surface area contributed by atoms with E-state index in [1.165, 1.54) is 35.4 Å². The van der Waals surface area contributed by atoms with Crippen LogP contribution in [0.3, 0.4) is 0 Å². The minimum absolute atomic E-state index is 0.0957. The van der Waals surface area contributed by atoms with E-state index < -0.39 is 10.8 Å². The summed E-state index contributed by atoms with van der Waals surface area (Å²) in [6, 6.07) is 15.6. The molecule has 0 unspecified atom stereocenters. The normalized spacial score (nSPS) is 10.7. The van der Waals surface area contributed by atoms with Crippen molar-refractivity contribution in [2.75, 3.05) is 5.32 Å². The maximum absolute atomic E-state index is 12.5. The fourth-order valence-corrected chi connectivity index (χ4v) is 3.01. The second-order valence-electron chi connectivity index (χ2n) is 6.95. The molecule has 162 valence electrons. The molecule has 4 aromatic rings. The van der Waals surface area contributed by atoms with E-state index in [1.807, 2.05) is 25.1 Å². The van der Waals surface area contributed by atoms with E-state index in [4.69, 9.17) is 4.74 Å². The third-order valence-electron chi connectivity index (χ3n) is 4.48. The Bertz CT molecular complexity index is 1260. The van der Waals surface area contributed by atoms with Gasteiger partial charge in [-0.25, -0.2) is 14.3 Å². The molecular weight excluding hydrogens is 414 g/mol. The van der Waals surface area contributed by atoms with Gasteiger partial charge in [-0.1, -0.05) is 42.0 Å². The van der Waals surface area contributed by atoms with Gasteiger partial charge < -0.3 is 4.74 Å². The van der Waals surface area contributed by atoms with Crippen LogP contribution < -0.4 is 10.1 Å². The number of carbonyl (C=O) groups excluding carboxylic acids is 1. The Labute approximate surface area is 182 Å². The predicted molar refractivity (Wildman–Crippen MR) is 114 cm³/mol. The van der Waals surface area contributed by atoms with Crippen molar-refractivity contribution in [2.45, 2.75) is 20.2 Å². The first-order chi connectivity index (χ1) is 15.5. The van der Waals surface area contributed by atoms with E-state index in [2.05, 4.69) is 26.6 Å². The number of nitrogens with one attached hydrogen (secondary N) is 1. The van der Waals surface area contributed by atoms with Gasteiger partial charge in [-0.3, -0.25) is 20.2 Å². The summed E-state index contributed by atoms with van der Waals surface area (Å²) in [5.74, 6) is -0.210. The van der Waals surface area contributed by atoms with Crippen LogP contribution in [-0.4, -0.2) is 35.4 Å². The molecule has 0 aliphatic carbocycles. The SMILES string of the molecule is Cc1cccc(Cn2cnc(NC(=O)c3ccn(COc4ccccc4[N+](=O)[O-])n3)n2)c1. The average molecular weight is 433 g/mol. The molecular formula is C21H19N7O4. The first-order valence-corrected chi connectivity index (χ1v) is 9.64. The maximum Gasteiger partial charge on any atom is 0.311 e. The summed E-state index contributed by atoms with van der Waals surface area (Å²) >= 11 is 0. The number of ether oxygens (including phenoxy) is 1. The number of carbonyl (C=O) groups is 1. The van der Waals surface area contributed by atoms with E-state index in [0.717, 1.165) is 11.1 Å². The summed E-state index contributed by atoms with van der Waals surface area (Å²) in [7, 11) is 0. The van der Waals surface area contributed by atoms with Gasteiger partial charge in [0.1, 0.15) is 6.33 Å². The highest BCUT2D eigenvalue weighted by atomic mass is 16.6. The number of anilines is 1. The molecule has 0 aliphatic heterocycles. The molecule has 4 rings (SSSR count). The van der Waals surface area contributed by atoms with Crippen molar-refractivity contribution < 1.29 is 14.5 Å². The monoisotopic (exact) mass is 433 g/mol. The van der Waals surface area contributed by atoms with Crippen LogP contribution in [0.5, 0.6) is 5.75 Å². The van der Waals surface area contributed by atoms with Crippen LogP contribution in [0.4, 0.5) is 11.6 Å². The Hall–Kier alpha value is -4.54. The van der Waals surface area contributed by atoms with Crippen LogP contribution in [0.15, 0.2) is 67.1 Å². The summed E-state index contributed by atoms with van der Waals surface area (Å²) in [5.41, 5.74) is 2.21. The Kier molecular flexibility index (Phi) is 5.88. The van der Waals surface area contributed by atoms with E-state index in [1.54, 1.807) is 16.8 Å². The summed E-state index contributed by atoms with van der Waals surface area (Å²) in [4.78, 5) is 27.1. The minimum Gasteiger partial charge on any atom is -0.464 e. The van der Waals surface area contributed by atoms with Crippen molar-refractivity contribution in [3.63, 3.8) is 0 Å². The molecule has 0 aliphatic rings. The first kappa shape index (κ1) is 20.7. The van der Waals surface area contributed by atoms with Gasteiger partial charge in [0.25, 0.3) is 5.91 Å². The number of aryl methyl sites for hydroxylation is 1. The zero-order chi connectivity index (χ0) is 22.5. The fourth-order valence-electron chi connectivity index (χ4n) is 3.01. The Morgan fingerprint density at radius 2 is 1.97 bits per heavy atom. The van der Waals surface area contributed by atoms with Crippen LogP contribution in [0, 0.1) is 17.0 Å². The van der Waals surface area contributed by atoms with Gasteiger partial charge in [-0.2, -0.15) is 5.10 Å². The molecule has 0 saturated heterocycles. The van der Waals surface area contributed by atoms with Crippen molar-refractivity contribution in [1.82, 2.24) is 24.5 Å². The lowest BCUT2D eigenvalue weighted by Crippen LogP contribution is -2.15. The molecule has 2 aromatic carbocycles. The van der Waals surface area contributed by atoms with Crippen molar-refractivity contribution >= 4 is 17.5 Å². The molecule has 11 heteroatoms. The van der Waals surface area contributed by atoms with Gasteiger partial charge in [0.2, 0.25) is 5.95 Å². The molecule has 0 radical (unpaired) electrons. The quantitative estimate of drug-likeness (QED) is 0.334. The molecule has 0 bridgehead atoms. The topological polar surface area (TPSA) is 130 Å². The number of amides is 1. The van der Waals surface area contributed by atoms with Crippen LogP contribution in [0.1, 0.15) is 21.6 Å². The molecule has 1 N–H and O–H groups in total. The third kappa shape index (κ3) is 4.95. The van der Waals surface area contributed by atoms with Gasteiger partial charge in [-0.05, 0) is 24.6 Å². The molecule has 0 atom stereocenters. The molecule has 2 aromatic heterocycles. The highest BCUT2D eigenvalue weighted by molar-refractivity contribution is 6.01. The van der Waals surface area contributed by atoms with E-state index in [0.29, 0.717) is 6.54 Å².